The van der Waals surface area contributed by atoms with E-state index in [1.165, 1.54) is 17.0 Å². The Bertz CT molecular complexity index is 763. The van der Waals surface area contributed by atoms with Gasteiger partial charge in [0.1, 0.15) is 11.9 Å². The van der Waals surface area contributed by atoms with Gasteiger partial charge in [0.25, 0.3) is 0 Å². The lowest BCUT2D eigenvalue weighted by atomic mass is 10.1. The maximum Gasteiger partial charge on any atom is 0.242 e. The van der Waals surface area contributed by atoms with Crippen LogP contribution in [0.3, 0.4) is 0 Å². The number of rotatable bonds is 8. The van der Waals surface area contributed by atoms with Crippen LogP contribution in [0.5, 0.6) is 0 Å². The molecule has 0 aliphatic rings. The summed E-state index contributed by atoms with van der Waals surface area (Å²) in [6, 6.07) is 13.1. The Hall–Kier alpha value is -2.40. The molecule has 27 heavy (non-hydrogen) atoms. The highest BCUT2D eigenvalue weighted by Gasteiger charge is 2.29. The van der Waals surface area contributed by atoms with Crippen molar-refractivity contribution in [2.24, 2.45) is 0 Å². The summed E-state index contributed by atoms with van der Waals surface area (Å²) >= 11 is 6.07. The molecule has 0 radical (unpaired) electrons. The molecule has 2 aromatic carbocycles. The molecule has 0 saturated carbocycles. The van der Waals surface area contributed by atoms with Gasteiger partial charge in [0, 0.05) is 23.7 Å². The summed E-state index contributed by atoms with van der Waals surface area (Å²) in [7, 11) is 0. The van der Waals surface area contributed by atoms with Crippen molar-refractivity contribution in [1.82, 2.24) is 10.2 Å². The molecule has 0 aliphatic heterocycles. The summed E-state index contributed by atoms with van der Waals surface area (Å²) in [4.78, 5) is 27.0. The van der Waals surface area contributed by atoms with E-state index in [9.17, 15) is 14.0 Å². The second-order valence-corrected chi connectivity index (χ2v) is 6.61. The molecule has 4 nitrogen and oxygen atoms in total. The largest absolute Gasteiger partial charge is 0.355 e. The van der Waals surface area contributed by atoms with Crippen molar-refractivity contribution in [2.45, 2.75) is 39.3 Å². The van der Waals surface area contributed by atoms with E-state index in [-0.39, 0.29) is 35.4 Å². The van der Waals surface area contributed by atoms with Gasteiger partial charge in [-0.05, 0) is 31.0 Å². The van der Waals surface area contributed by atoms with Gasteiger partial charge in [-0.3, -0.25) is 9.59 Å². The summed E-state index contributed by atoms with van der Waals surface area (Å²) in [5, 5.41) is 2.97. The number of hydrogen-bond donors (Lipinski definition) is 1. The van der Waals surface area contributed by atoms with E-state index in [2.05, 4.69) is 5.32 Å². The van der Waals surface area contributed by atoms with E-state index in [4.69, 9.17) is 11.6 Å². The first kappa shape index (κ1) is 20.9. The molecule has 2 amide bonds. The first-order chi connectivity index (χ1) is 13.0. The molecule has 0 heterocycles. The van der Waals surface area contributed by atoms with E-state index in [0.29, 0.717) is 13.0 Å². The van der Waals surface area contributed by atoms with Crippen LogP contribution in [0, 0.1) is 5.82 Å². The lowest BCUT2D eigenvalue weighted by molar-refractivity contribution is -0.140. The lowest BCUT2D eigenvalue weighted by Crippen LogP contribution is -2.49. The minimum absolute atomic E-state index is 0.146. The van der Waals surface area contributed by atoms with E-state index < -0.39 is 11.9 Å². The maximum atomic E-state index is 14.1. The van der Waals surface area contributed by atoms with Crippen molar-refractivity contribution in [3.63, 3.8) is 0 Å². The first-order valence-corrected chi connectivity index (χ1v) is 9.39. The Morgan fingerprint density at radius 1 is 1.11 bits per heavy atom. The number of benzene rings is 2. The SMILES string of the molecule is CCNC(=O)[C@@H](CC)N(Cc1ccccc1)C(=O)Cc1c(F)cccc1Cl. The Balaban J connectivity index is 2.32. The molecule has 6 heteroatoms. The monoisotopic (exact) mass is 390 g/mol. The minimum Gasteiger partial charge on any atom is -0.355 e. The van der Waals surface area contributed by atoms with Crippen LogP contribution < -0.4 is 5.32 Å². The molecule has 0 spiro atoms. The third-order valence-electron chi connectivity index (χ3n) is 4.32. The van der Waals surface area contributed by atoms with Gasteiger partial charge in [-0.1, -0.05) is 54.9 Å². The van der Waals surface area contributed by atoms with Gasteiger partial charge in [0.05, 0.1) is 6.42 Å². The van der Waals surface area contributed by atoms with Crippen molar-refractivity contribution >= 4 is 23.4 Å². The zero-order valence-electron chi connectivity index (χ0n) is 15.5. The van der Waals surface area contributed by atoms with Crippen LogP contribution >= 0.6 is 11.6 Å². The van der Waals surface area contributed by atoms with E-state index in [1.807, 2.05) is 44.2 Å². The minimum atomic E-state index is -0.636. The van der Waals surface area contributed by atoms with Gasteiger partial charge in [-0.25, -0.2) is 4.39 Å². The topological polar surface area (TPSA) is 49.4 Å². The molecular formula is C21H24ClFN2O2. The fourth-order valence-corrected chi connectivity index (χ4v) is 3.18. The van der Waals surface area contributed by atoms with Gasteiger partial charge in [0.15, 0.2) is 0 Å². The number of nitrogens with zero attached hydrogens (tertiary/aromatic N) is 1. The molecule has 0 unspecified atom stereocenters. The summed E-state index contributed by atoms with van der Waals surface area (Å²) < 4.78 is 14.1. The number of amides is 2. The third kappa shape index (κ3) is 5.54. The Morgan fingerprint density at radius 2 is 1.81 bits per heavy atom. The third-order valence-corrected chi connectivity index (χ3v) is 4.68. The zero-order chi connectivity index (χ0) is 19.8. The van der Waals surface area contributed by atoms with Crippen molar-refractivity contribution in [3.8, 4) is 0 Å². The summed E-state index contributed by atoms with van der Waals surface area (Å²) in [5.74, 6) is -1.09. The molecule has 0 aliphatic carbocycles. The molecule has 0 bridgehead atoms. The second kappa shape index (κ2) is 10.1. The Morgan fingerprint density at radius 3 is 2.41 bits per heavy atom. The van der Waals surface area contributed by atoms with Gasteiger partial charge in [-0.15, -0.1) is 0 Å². The van der Waals surface area contributed by atoms with Crippen LogP contribution in [-0.2, 0) is 22.6 Å². The summed E-state index contributed by atoms with van der Waals surface area (Å²) in [6.07, 6.45) is 0.254. The average molecular weight is 391 g/mol. The fourth-order valence-electron chi connectivity index (χ4n) is 2.95. The maximum absolute atomic E-state index is 14.1. The summed E-state index contributed by atoms with van der Waals surface area (Å²) in [6.45, 7) is 4.41. The average Bonchev–Trinajstić information content (AvgIpc) is 2.65. The van der Waals surface area contributed by atoms with Crippen LogP contribution in [-0.4, -0.2) is 29.3 Å². The standard InChI is InChI=1S/C21H24ClFN2O2/c1-3-19(21(27)24-4-2)25(14-15-9-6-5-7-10-15)20(26)13-16-17(22)11-8-12-18(16)23/h5-12,19H,3-4,13-14H2,1-2H3,(H,24,27)/t19-/m1/s1. The van der Waals surface area contributed by atoms with Crippen LogP contribution in [0.15, 0.2) is 48.5 Å². The van der Waals surface area contributed by atoms with Crippen LogP contribution in [0.2, 0.25) is 5.02 Å². The van der Waals surface area contributed by atoms with Gasteiger partial charge in [0.2, 0.25) is 11.8 Å². The molecule has 144 valence electrons. The predicted molar refractivity (Wildman–Crippen MR) is 105 cm³/mol. The highest BCUT2D eigenvalue weighted by Crippen LogP contribution is 2.22. The van der Waals surface area contributed by atoms with E-state index in [1.54, 1.807) is 6.07 Å². The smallest absolute Gasteiger partial charge is 0.242 e. The lowest BCUT2D eigenvalue weighted by Gasteiger charge is -2.30. The first-order valence-electron chi connectivity index (χ1n) is 9.01. The quantitative estimate of drug-likeness (QED) is 0.741. The zero-order valence-corrected chi connectivity index (χ0v) is 16.3. The molecule has 0 fully saturated rings. The van der Waals surface area contributed by atoms with Crippen LogP contribution in [0.4, 0.5) is 4.39 Å². The molecule has 2 aromatic rings. The van der Waals surface area contributed by atoms with Crippen molar-refractivity contribution in [3.05, 3.63) is 70.5 Å². The molecule has 0 aromatic heterocycles. The normalized spacial score (nSPS) is 11.7. The molecule has 1 N–H and O–H groups in total. The van der Waals surface area contributed by atoms with E-state index in [0.717, 1.165) is 5.56 Å². The van der Waals surface area contributed by atoms with Crippen LogP contribution in [0.25, 0.3) is 0 Å². The van der Waals surface area contributed by atoms with Gasteiger partial charge >= 0.3 is 0 Å². The highest BCUT2D eigenvalue weighted by molar-refractivity contribution is 6.31. The van der Waals surface area contributed by atoms with E-state index >= 15 is 0 Å². The van der Waals surface area contributed by atoms with Crippen molar-refractivity contribution in [1.29, 1.82) is 0 Å². The number of carbonyl (C=O) groups excluding carboxylic acids is 2. The molecular weight excluding hydrogens is 367 g/mol. The predicted octanol–water partition coefficient (Wildman–Crippen LogP) is 3.97. The number of carbonyl (C=O) groups is 2. The van der Waals surface area contributed by atoms with Crippen molar-refractivity contribution < 1.29 is 14.0 Å². The van der Waals surface area contributed by atoms with Gasteiger partial charge < -0.3 is 10.2 Å². The number of hydrogen-bond acceptors (Lipinski definition) is 2. The Kier molecular flexibility index (Phi) is 7.80. The molecule has 1 atom stereocenters. The number of halogens is 2. The van der Waals surface area contributed by atoms with Crippen molar-refractivity contribution in [2.75, 3.05) is 6.54 Å². The summed E-state index contributed by atoms with van der Waals surface area (Å²) in [5.41, 5.74) is 1.04. The second-order valence-electron chi connectivity index (χ2n) is 6.20. The molecule has 0 saturated heterocycles. The van der Waals surface area contributed by atoms with Crippen LogP contribution in [0.1, 0.15) is 31.4 Å². The highest BCUT2D eigenvalue weighted by atomic mass is 35.5. The fraction of sp³-hybridized carbons (Fsp3) is 0.333. The number of likely N-dealkylation sites (N-methyl/N-ethyl adjacent to an activating group) is 1. The Labute approximate surface area is 164 Å². The van der Waals surface area contributed by atoms with Gasteiger partial charge in [-0.2, -0.15) is 0 Å². The number of nitrogens with one attached hydrogen (secondary N) is 1. The molecule has 2 rings (SSSR count).